The minimum atomic E-state index is 0. The Hall–Kier alpha value is 0.423. The smallest absolute Gasteiger partial charge is 0.147 e. The molecule has 0 amide bonds. The maximum atomic E-state index is 2.29. The Kier molecular flexibility index (Phi) is 5.51. The fourth-order valence-electron chi connectivity index (χ4n) is 1.43. The van der Waals surface area contributed by atoms with Crippen LogP contribution in [0, 0.1) is 6.92 Å². The zero-order valence-corrected chi connectivity index (χ0v) is 11.4. The summed E-state index contributed by atoms with van der Waals surface area (Å²) in [5, 5.41) is 0. The van der Waals surface area contributed by atoms with Crippen LogP contribution in [0.2, 0.25) is 0 Å². The van der Waals surface area contributed by atoms with Crippen molar-refractivity contribution in [3.05, 3.63) is 41.0 Å². The molecule has 69 valence electrons. The van der Waals surface area contributed by atoms with Crippen LogP contribution in [0.1, 0.15) is 20.3 Å². The van der Waals surface area contributed by atoms with E-state index in [1.54, 1.807) is 24.7 Å². The summed E-state index contributed by atoms with van der Waals surface area (Å²) in [6, 6.07) is 6.71. The number of fused-ring (bicyclic) bond motifs is 1. The van der Waals surface area contributed by atoms with Crippen LogP contribution in [0.5, 0.6) is 0 Å². The second kappa shape index (κ2) is 5.34. The van der Waals surface area contributed by atoms with Gasteiger partial charge in [-0.05, 0) is 0 Å². The van der Waals surface area contributed by atoms with Gasteiger partial charge in [-0.2, -0.15) is 0 Å². The maximum Gasteiger partial charge on any atom is -0.147 e. The van der Waals surface area contributed by atoms with Crippen molar-refractivity contribution < 1.29 is 24.7 Å². The average Bonchev–Trinajstić information content (AvgIpc) is 2.32. The van der Waals surface area contributed by atoms with Gasteiger partial charge in [-0.1, -0.05) is 0 Å². The fourth-order valence-corrected chi connectivity index (χ4v) is 2.31. The molecule has 0 spiro atoms. The van der Waals surface area contributed by atoms with Gasteiger partial charge in [-0.15, -0.1) is 24.8 Å². The second-order valence-corrected chi connectivity index (χ2v) is 4.50. The van der Waals surface area contributed by atoms with Crippen molar-refractivity contribution in [1.29, 1.82) is 0 Å². The summed E-state index contributed by atoms with van der Waals surface area (Å²) < 4.78 is 0.706. The van der Waals surface area contributed by atoms with Crippen LogP contribution in [0.3, 0.4) is 0 Å². The number of hydrogen-bond donors (Lipinski definition) is 0. The first-order valence-corrected chi connectivity index (χ1v) is 5.19. The summed E-state index contributed by atoms with van der Waals surface area (Å²) in [4.78, 5) is 0. The molecule has 1 aliphatic rings. The first-order chi connectivity index (χ1) is 5.27. The van der Waals surface area contributed by atoms with E-state index >= 15 is 0 Å². The summed E-state index contributed by atoms with van der Waals surface area (Å²) >= 11 is 1.59. The van der Waals surface area contributed by atoms with E-state index in [9.17, 15) is 0 Å². The standard InChI is InChI=1S/C10H9.2ClH.Zr/c1-8-5-6-9-3-2-4-10(9)7-8;;;/h2-7H,1H3;2*1H;. The van der Waals surface area contributed by atoms with Gasteiger partial charge in [0, 0.05) is 0 Å². The molecule has 0 aromatic heterocycles. The summed E-state index contributed by atoms with van der Waals surface area (Å²) in [5.74, 6) is 0. The molecule has 3 heteroatoms. The van der Waals surface area contributed by atoms with Crippen LogP contribution >= 0.6 is 24.8 Å². The molecule has 0 aliphatic heterocycles. The summed E-state index contributed by atoms with van der Waals surface area (Å²) in [6.45, 7) is 2.14. The molecule has 0 saturated carbocycles. The third-order valence-electron chi connectivity index (χ3n) is 2.05. The molecular formula is C10H11Cl2Zr. The topological polar surface area (TPSA) is 0 Å². The molecule has 1 atom stereocenters. The molecule has 0 bridgehead atoms. The van der Waals surface area contributed by atoms with Crippen LogP contribution in [0.4, 0.5) is 0 Å². The van der Waals surface area contributed by atoms with Gasteiger partial charge < -0.3 is 0 Å². The number of benzene rings is 1. The SMILES string of the molecule is Cc1ccc2c(c1)C=C[C@@H]2[Zr].Cl.Cl. The molecule has 1 aromatic carbocycles. The predicted molar refractivity (Wildman–Crippen MR) is 57.5 cm³/mol. The van der Waals surface area contributed by atoms with Gasteiger partial charge in [-0.25, -0.2) is 0 Å². The van der Waals surface area contributed by atoms with Crippen LogP contribution in [0.25, 0.3) is 6.08 Å². The molecule has 13 heavy (non-hydrogen) atoms. The van der Waals surface area contributed by atoms with Crippen LogP contribution in [-0.2, 0) is 24.7 Å². The second-order valence-electron chi connectivity index (χ2n) is 2.97. The van der Waals surface area contributed by atoms with Crippen LogP contribution in [-0.4, -0.2) is 0 Å². The average molecular weight is 293 g/mol. The Morgan fingerprint density at radius 3 is 2.62 bits per heavy atom. The molecule has 0 N–H and O–H groups in total. The molecule has 1 aromatic rings. The van der Waals surface area contributed by atoms with Crippen molar-refractivity contribution in [2.24, 2.45) is 0 Å². The van der Waals surface area contributed by atoms with Crippen molar-refractivity contribution in [2.45, 2.75) is 10.5 Å². The Balaban J connectivity index is 0.000000720. The first-order valence-electron chi connectivity index (χ1n) is 3.77. The summed E-state index contributed by atoms with van der Waals surface area (Å²) in [6.07, 6.45) is 4.53. The third-order valence-corrected chi connectivity index (χ3v) is 3.28. The van der Waals surface area contributed by atoms with E-state index in [-0.39, 0.29) is 24.8 Å². The Morgan fingerprint density at radius 2 is 1.92 bits per heavy atom. The molecule has 0 nitrogen and oxygen atoms in total. The van der Waals surface area contributed by atoms with Gasteiger partial charge >= 0.3 is 82.3 Å². The summed E-state index contributed by atoms with van der Waals surface area (Å²) in [7, 11) is 0. The number of rotatable bonds is 0. The van der Waals surface area contributed by atoms with Crippen LogP contribution in [0.15, 0.2) is 24.3 Å². The molecule has 0 fully saturated rings. The number of allylic oxidation sites excluding steroid dienone is 1. The zero-order valence-electron chi connectivity index (χ0n) is 7.28. The first kappa shape index (κ1) is 13.4. The van der Waals surface area contributed by atoms with Crippen LogP contribution < -0.4 is 0 Å². The van der Waals surface area contributed by atoms with E-state index < -0.39 is 0 Å². The Morgan fingerprint density at radius 1 is 1.23 bits per heavy atom. The molecule has 0 saturated heterocycles. The molecule has 0 heterocycles. The van der Waals surface area contributed by atoms with Gasteiger partial charge in [-0.3, -0.25) is 0 Å². The molecular weight excluding hydrogens is 282 g/mol. The zero-order chi connectivity index (χ0) is 7.84. The number of aryl methyl sites for hydroxylation is 1. The van der Waals surface area contributed by atoms with Gasteiger partial charge in [0.1, 0.15) is 0 Å². The molecule has 1 aliphatic carbocycles. The van der Waals surface area contributed by atoms with Gasteiger partial charge in [0.05, 0.1) is 0 Å². The van der Waals surface area contributed by atoms with Crippen molar-refractivity contribution in [3.8, 4) is 0 Å². The quantitative estimate of drug-likeness (QED) is 0.687. The van der Waals surface area contributed by atoms with Gasteiger partial charge in [0.15, 0.2) is 0 Å². The third kappa shape index (κ3) is 2.68. The van der Waals surface area contributed by atoms with E-state index in [1.165, 1.54) is 16.7 Å². The van der Waals surface area contributed by atoms with Crippen molar-refractivity contribution in [2.75, 3.05) is 0 Å². The Labute approximate surface area is 106 Å². The maximum absolute atomic E-state index is 2.29. The number of halogens is 2. The van der Waals surface area contributed by atoms with E-state index in [1.807, 2.05) is 0 Å². The monoisotopic (exact) mass is 291 g/mol. The van der Waals surface area contributed by atoms with Gasteiger partial charge in [0.2, 0.25) is 0 Å². The van der Waals surface area contributed by atoms with Crippen molar-refractivity contribution in [1.82, 2.24) is 0 Å². The van der Waals surface area contributed by atoms with Crippen molar-refractivity contribution in [3.63, 3.8) is 0 Å². The molecule has 2 rings (SSSR count). The van der Waals surface area contributed by atoms with E-state index in [2.05, 4.69) is 37.3 Å². The van der Waals surface area contributed by atoms with E-state index in [0.29, 0.717) is 3.63 Å². The number of hydrogen-bond acceptors (Lipinski definition) is 0. The van der Waals surface area contributed by atoms with Gasteiger partial charge in [0.25, 0.3) is 0 Å². The largest absolute Gasteiger partial charge is 0.147 e. The minimum Gasteiger partial charge on any atom is -0.147 e. The van der Waals surface area contributed by atoms with E-state index in [4.69, 9.17) is 0 Å². The Bertz CT molecular complexity index is 321. The fraction of sp³-hybridized carbons (Fsp3) is 0.200. The molecule has 0 radical (unpaired) electrons. The predicted octanol–water partition coefficient (Wildman–Crippen LogP) is 3.45. The minimum absolute atomic E-state index is 0. The van der Waals surface area contributed by atoms with E-state index in [0.717, 1.165) is 0 Å². The molecule has 0 unspecified atom stereocenters. The summed E-state index contributed by atoms with van der Waals surface area (Å²) in [5.41, 5.74) is 4.29. The van der Waals surface area contributed by atoms with Crippen molar-refractivity contribution >= 4 is 30.9 Å². The normalized spacial score (nSPS) is 17.1.